The van der Waals surface area contributed by atoms with Gasteiger partial charge >= 0.3 is 0 Å². The highest BCUT2D eigenvalue weighted by atomic mass is 15.1. The van der Waals surface area contributed by atoms with Crippen LogP contribution in [0.4, 0.5) is 17.1 Å². The SMILES string of the molecule is c1ccc(C2(c3ccccc3)c3ccccc3-c3ccc(-c4ccc(N(c5ccc(-c6cccc(-c7ccc8ccccc8c7)c6)cc5)c5ccc(-c6ccc7c(c6)C(c6ccccc6)(c6ccccc6)c6ccccc6-7)cc5)cc4)cc32)cc1. The van der Waals surface area contributed by atoms with Gasteiger partial charge in [-0.25, -0.2) is 0 Å². The lowest BCUT2D eigenvalue weighted by Crippen LogP contribution is -2.28. The summed E-state index contributed by atoms with van der Waals surface area (Å²) in [5.74, 6) is 0. The first-order chi connectivity index (χ1) is 42.1. The van der Waals surface area contributed by atoms with Gasteiger partial charge in [-0.3, -0.25) is 0 Å². The third-order valence-electron chi connectivity index (χ3n) is 18.2. The van der Waals surface area contributed by atoms with Crippen molar-refractivity contribution in [2.75, 3.05) is 4.90 Å². The molecule has 0 unspecified atom stereocenters. The number of hydrogen-bond acceptors (Lipinski definition) is 1. The Morgan fingerprint density at radius 3 is 0.906 bits per heavy atom. The van der Waals surface area contributed by atoms with Crippen LogP contribution in [0.1, 0.15) is 44.5 Å². The number of rotatable bonds is 11. The predicted octanol–water partition coefficient (Wildman–Crippen LogP) is 21.7. The maximum absolute atomic E-state index is 2.45. The second-order valence-electron chi connectivity index (χ2n) is 22.7. The summed E-state index contributed by atoms with van der Waals surface area (Å²) in [6, 6.07) is 128. The molecule has 0 saturated carbocycles. The fourth-order valence-corrected chi connectivity index (χ4v) is 14.4. The summed E-state index contributed by atoms with van der Waals surface area (Å²) in [7, 11) is 0. The molecule has 85 heavy (non-hydrogen) atoms. The van der Waals surface area contributed by atoms with E-state index < -0.39 is 10.8 Å². The van der Waals surface area contributed by atoms with Crippen molar-refractivity contribution in [3.8, 4) is 66.8 Å². The van der Waals surface area contributed by atoms with Gasteiger partial charge < -0.3 is 4.90 Å². The first-order valence-corrected chi connectivity index (χ1v) is 29.5. The lowest BCUT2D eigenvalue weighted by Gasteiger charge is -2.34. The molecule has 0 bridgehead atoms. The fourth-order valence-electron chi connectivity index (χ4n) is 14.4. The Morgan fingerprint density at radius 2 is 0.482 bits per heavy atom. The number of anilines is 3. The van der Waals surface area contributed by atoms with Crippen LogP contribution in [0.3, 0.4) is 0 Å². The second kappa shape index (κ2) is 20.5. The fraction of sp³-hybridized carbons (Fsp3) is 0.0238. The minimum Gasteiger partial charge on any atom is -0.311 e. The van der Waals surface area contributed by atoms with Crippen LogP contribution >= 0.6 is 0 Å². The van der Waals surface area contributed by atoms with Crippen molar-refractivity contribution >= 4 is 27.8 Å². The van der Waals surface area contributed by atoms with Crippen LogP contribution in [-0.2, 0) is 10.8 Å². The van der Waals surface area contributed by atoms with Crippen molar-refractivity contribution in [2.45, 2.75) is 10.8 Å². The molecule has 0 radical (unpaired) electrons. The Kier molecular flexibility index (Phi) is 12.1. The highest BCUT2D eigenvalue weighted by molar-refractivity contribution is 5.92. The standard InChI is InChI=1S/C84H57N/c1-5-24-68(25-6-1)83(69-26-7-2-8-27-69)79-34-17-15-32-75(79)77-52-44-66(56-81(77)83)60-40-48-73(49-41-60)85(72-46-38-59(39-47-72)63-22-19-23-64(54-63)65-37-36-58-20-13-14-21-62(58)55-65)74-50-42-61(43-51-74)67-45-53-78-76-33-16-18-35-80(76)84(82(78)57-67,70-28-9-3-10-29-70)71-30-11-4-12-31-71/h1-57H. The van der Waals surface area contributed by atoms with Crippen molar-refractivity contribution in [3.63, 3.8) is 0 Å². The molecule has 0 heterocycles. The first kappa shape index (κ1) is 49.9. The summed E-state index contributed by atoms with van der Waals surface area (Å²) in [5.41, 5.74) is 27.1. The molecule has 0 N–H and O–H groups in total. The molecule has 0 saturated heterocycles. The van der Waals surface area contributed by atoms with Gasteiger partial charge in [-0.05, 0) is 183 Å². The molecule has 2 aliphatic carbocycles. The van der Waals surface area contributed by atoms with E-state index in [0.717, 1.165) is 28.2 Å². The third kappa shape index (κ3) is 8.15. The first-order valence-electron chi connectivity index (χ1n) is 29.5. The van der Waals surface area contributed by atoms with Crippen LogP contribution < -0.4 is 4.90 Å². The molecular weight excluding hydrogens is 1020 g/mol. The molecule has 0 atom stereocenters. The Morgan fingerprint density at radius 1 is 0.176 bits per heavy atom. The van der Waals surface area contributed by atoms with Gasteiger partial charge in [-0.15, -0.1) is 0 Å². The Bertz CT molecular complexity index is 4470. The van der Waals surface area contributed by atoms with E-state index in [9.17, 15) is 0 Å². The number of nitrogens with zero attached hydrogens (tertiary/aromatic N) is 1. The van der Waals surface area contributed by atoms with Crippen LogP contribution in [-0.4, -0.2) is 0 Å². The zero-order valence-corrected chi connectivity index (χ0v) is 46.9. The molecule has 16 rings (SSSR count). The molecule has 398 valence electrons. The van der Waals surface area contributed by atoms with Crippen molar-refractivity contribution in [1.82, 2.24) is 0 Å². The highest BCUT2D eigenvalue weighted by Crippen LogP contribution is 2.58. The van der Waals surface area contributed by atoms with E-state index in [4.69, 9.17) is 0 Å². The van der Waals surface area contributed by atoms with Gasteiger partial charge in [0.25, 0.3) is 0 Å². The van der Waals surface area contributed by atoms with Crippen molar-refractivity contribution in [2.24, 2.45) is 0 Å². The normalized spacial score (nSPS) is 13.1. The molecule has 0 aromatic heterocycles. The molecule has 1 nitrogen and oxygen atoms in total. The second-order valence-corrected chi connectivity index (χ2v) is 22.7. The van der Waals surface area contributed by atoms with Gasteiger partial charge in [0, 0.05) is 17.1 Å². The lowest BCUT2D eigenvalue weighted by atomic mass is 9.67. The van der Waals surface area contributed by atoms with Crippen molar-refractivity contribution in [1.29, 1.82) is 0 Å². The van der Waals surface area contributed by atoms with E-state index in [0.29, 0.717) is 0 Å². The van der Waals surface area contributed by atoms with Gasteiger partial charge in [0.1, 0.15) is 0 Å². The molecule has 0 fully saturated rings. The summed E-state index contributed by atoms with van der Waals surface area (Å²) in [6.07, 6.45) is 0. The molecule has 0 amide bonds. The summed E-state index contributed by atoms with van der Waals surface area (Å²) in [6.45, 7) is 0. The largest absolute Gasteiger partial charge is 0.311 e. The third-order valence-corrected chi connectivity index (χ3v) is 18.2. The van der Waals surface area contributed by atoms with Gasteiger partial charge in [-0.1, -0.05) is 285 Å². The minimum atomic E-state index is -0.477. The van der Waals surface area contributed by atoms with E-state index in [1.807, 2.05) is 0 Å². The van der Waals surface area contributed by atoms with Crippen molar-refractivity contribution < 1.29 is 0 Å². The van der Waals surface area contributed by atoms with E-state index >= 15 is 0 Å². The van der Waals surface area contributed by atoms with Gasteiger partial charge in [0.15, 0.2) is 0 Å². The predicted molar refractivity (Wildman–Crippen MR) is 355 cm³/mol. The maximum atomic E-state index is 2.45. The van der Waals surface area contributed by atoms with E-state index in [1.165, 1.54) is 111 Å². The maximum Gasteiger partial charge on any atom is 0.0713 e. The Balaban J connectivity index is 0.792. The average molecular weight is 1080 g/mol. The highest BCUT2D eigenvalue weighted by Gasteiger charge is 2.47. The van der Waals surface area contributed by atoms with Crippen LogP contribution in [0.5, 0.6) is 0 Å². The summed E-state index contributed by atoms with van der Waals surface area (Å²) in [4.78, 5) is 2.40. The zero-order valence-electron chi connectivity index (χ0n) is 46.9. The molecule has 14 aromatic carbocycles. The summed E-state index contributed by atoms with van der Waals surface area (Å²) in [5, 5.41) is 2.49. The van der Waals surface area contributed by atoms with E-state index in [-0.39, 0.29) is 0 Å². The number of benzene rings is 14. The van der Waals surface area contributed by atoms with E-state index in [1.54, 1.807) is 0 Å². The zero-order chi connectivity index (χ0) is 56.3. The number of fused-ring (bicyclic) bond motifs is 7. The summed E-state index contributed by atoms with van der Waals surface area (Å²) < 4.78 is 0. The Hall–Kier alpha value is -10.9. The smallest absolute Gasteiger partial charge is 0.0713 e. The molecule has 14 aromatic rings. The van der Waals surface area contributed by atoms with Gasteiger partial charge in [0.2, 0.25) is 0 Å². The van der Waals surface area contributed by atoms with Crippen LogP contribution in [0.2, 0.25) is 0 Å². The average Bonchev–Trinajstić information content (AvgIpc) is 3.44. The minimum absolute atomic E-state index is 0.477. The molecular formula is C84H57N. The van der Waals surface area contributed by atoms with Crippen LogP contribution in [0.25, 0.3) is 77.5 Å². The molecule has 0 spiro atoms. The van der Waals surface area contributed by atoms with Gasteiger partial charge in [-0.2, -0.15) is 0 Å². The Labute approximate surface area is 497 Å². The van der Waals surface area contributed by atoms with Gasteiger partial charge in [0.05, 0.1) is 10.8 Å². The van der Waals surface area contributed by atoms with Crippen LogP contribution in [0.15, 0.2) is 346 Å². The molecule has 2 aliphatic rings. The van der Waals surface area contributed by atoms with Crippen molar-refractivity contribution in [3.05, 3.63) is 390 Å². The van der Waals surface area contributed by atoms with E-state index in [2.05, 4.69) is 351 Å². The van der Waals surface area contributed by atoms with Crippen LogP contribution in [0, 0.1) is 0 Å². The topological polar surface area (TPSA) is 3.24 Å². The molecule has 1 heteroatoms. The monoisotopic (exact) mass is 1080 g/mol. The quantitative estimate of drug-likeness (QED) is 0.125. The number of hydrogen-bond donors (Lipinski definition) is 0. The lowest BCUT2D eigenvalue weighted by molar-refractivity contribution is 0.769. The molecule has 0 aliphatic heterocycles. The summed E-state index contributed by atoms with van der Waals surface area (Å²) >= 11 is 0.